The van der Waals surface area contributed by atoms with Crippen LogP contribution < -0.4 is 11.1 Å². The van der Waals surface area contributed by atoms with Crippen LogP contribution in [0.2, 0.25) is 0 Å². The van der Waals surface area contributed by atoms with Crippen molar-refractivity contribution in [3.05, 3.63) is 11.4 Å². The summed E-state index contributed by atoms with van der Waals surface area (Å²) in [5, 5.41) is 17.8. The first-order chi connectivity index (χ1) is 8.52. The van der Waals surface area contributed by atoms with Gasteiger partial charge in [-0.1, -0.05) is 5.10 Å². The maximum Gasteiger partial charge on any atom is 0.278 e. The van der Waals surface area contributed by atoms with Gasteiger partial charge < -0.3 is 5.73 Å². The van der Waals surface area contributed by atoms with E-state index < -0.39 is 5.91 Å². The molecule has 0 atom stereocenters. The Hall–Kier alpha value is -2.45. The zero-order valence-electron chi connectivity index (χ0n) is 10.4. The number of nitrogens with zero attached hydrogens (tertiary/aromatic N) is 6. The number of anilines is 2. The van der Waals surface area contributed by atoms with Crippen molar-refractivity contribution < 1.29 is 4.79 Å². The molecule has 9 heteroatoms. The van der Waals surface area contributed by atoms with Gasteiger partial charge in [0.1, 0.15) is 5.69 Å². The maximum atomic E-state index is 12.1. The molecule has 0 aliphatic rings. The van der Waals surface area contributed by atoms with Crippen molar-refractivity contribution >= 4 is 17.5 Å². The molecule has 0 spiro atoms. The summed E-state index contributed by atoms with van der Waals surface area (Å²) in [7, 11) is 1.61. The number of tetrazole rings is 1. The van der Waals surface area contributed by atoms with Gasteiger partial charge in [0.15, 0.2) is 0 Å². The quantitative estimate of drug-likeness (QED) is 0.763. The van der Waals surface area contributed by atoms with Gasteiger partial charge in [-0.2, -0.15) is 9.90 Å². The van der Waals surface area contributed by atoms with Crippen molar-refractivity contribution in [1.82, 2.24) is 30.0 Å². The van der Waals surface area contributed by atoms with E-state index in [2.05, 4.69) is 25.8 Å². The average molecular weight is 250 g/mol. The molecule has 3 N–H and O–H groups in total. The van der Waals surface area contributed by atoms with Gasteiger partial charge in [-0.05, 0) is 19.1 Å². The molecule has 0 fully saturated rings. The van der Waals surface area contributed by atoms with E-state index in [4.69, 9.17) is 5.73 Å². The standard InChI is InChI=1S/C9H14N8O/c1-4-17-7(6(10)5(2)13-17)8(18)11-9-12-15-16(3)14-9/h4,10H2,1-3H3,(H,11,14,18). The Balaban J connectivity index is 2.28. The van der Waals surface area contributed by atoms with Crippen LogP contribution in [0.1, 0.15) is 23.1 Å². The van der Waals surface area contributed by atoms with Crippen LogP contribution in [-0.2, 0) is 13.6 Å². The van der Waals surface area contributed by atoms with Crippen LogP contribution in [0.3, 0.4) is 0 Å². The second-order valence-corrected chi connectivity index (χ2v) is 3.72. The highest BCUT2D eigenvalue weighted by Crippen LogP contribution is 2.17. The zero-order valence-corrected chi connectivity index (χ0v) is 10.4. The van der Waals surface area contributed by atoms with E-state index in [0.717, 1.165) is 0 Å². The lowest BCUT2D eigenvalue weighted by Gasteiger charge is -2.04. The lowest BCUT2D eigenvalue weighted by Crippen LogP contribution is -2.19. The van der Waals surface area contributed by atoms with Gasteiger partial charge in [0.25, 0.3) is 11.9 Å². The first kappa shape index (κ1) is 12.0. The molecular weight excluding hydrogens is 236 g/mol. The van der Waals surface area contributed by atoms with Crippen molar-refractivity contribution in [3.8, 4) is 0 Å². The summed E-state index contributed by atoms with van der Waals surface area (Å²) >= 11 is 0. The Morgan fingerprint density at radius 2 is 2.17 bits per heavy atom. The Labute approximate surface area is 103 Å². The van der Waals surface area contributed by atoms with E-state index in [-0.39, 0.29) is 5.95 Å². The average Bonchev–Trinajstić information content (AvgIpc) is 2.84. The molecule has 0 bridgehead atoms. The summed E-state index contributed by atoms with van der Waals surface area (Å²) in [5.41, 5.74) is 7.12. The van der Waals surface area contributed by atoms with Gasteiger partial charge in [0, 0.05) is 6.54 Å². The number of amides is 1. The van der Waals surface area contributed by atoms with Crippen LogP contribution in [0.4, 0.5) is 11.6 Å². The minimum absolute atomic E-state index is 0.128. The zero-order chi connectivity index (χ0) is 13.3. The molecule has 18 heavy (non-hydrogen) atoms. The van der Waals surface area contributed by atoms with Crippen molar-refractivity contribution in [2.75, 3.05) is 11.1 Å². The normalized spacial score (nSPS) is 10.6. The fraction of sp³-hybridized carbons (Fsp3) is 0.444. The number of carbonyl (C=O) groups excluding carboxylic acids is 1. The number of aromatic nitrogens is 6. The molecule has 0 saturated heterocycles. The van der Waals surface area contributed by atoms with Gasteiger partial charge in [0.2, 0.25) is 0 Å². The smallest absolute Gasteiger partial charge is 0.278 e. The highest BCUT2D eigenvalue weighted by molar-refractivity contribution is 6.05. The van der Waals surface area contributed by atoms with Gasteiger partial charge in [-0.25, -0.2) is 0 Å². The molecule has 0 radical (unpaired) electrons. The van der Waals surface area contributed by atoms with Gasteiger partial charge >= 0.3 is 0 Å². The SMILES string of the molecule is CCn1nc(C)c(N)c1C(=O)Nc1nnn(C)n1. The summed E-state index contributed by atoms with van der Waals surface area (Å²) in [4.78, 5) is 13.3. The van der Waals surface area contributed by atoms with E-state index in [1.165, 1.54) is 9.48 Å². The minimum atomic E-state index is -0.400. The fourth-order valence-electron chi connectivity index (χ4n) is 1.56. The number of nitrogens with one attached hydrogen (secondary N) is 1. The molecule has 2 rings (SSSR count). The molecule has 0 aliphatic heterocycles. The second kappa shape index (κ2) is 4.43. The monoisotopic (exact) mass is 250 g/mol. The second-order valence-electron chi connectivity index (χ2n) is 3.72. The third-order valence-corrected chi connectivity index (χ3v) is 2.42. The van der Waals surface area contributed by atoms with Crippen LogP contribution in [-0.4, -0.2) is 35.9 Å². The molecular formula is C9H14N8O. The Kier molecular flexibility index (Phi) is 2.96. The number of rotatable bonds is 3. The Bertz CT molecular complexity index is 583. The van der Waals surface area contributed by atoms with E-state index in [9.17, 15) is 4.79 Å². The third-order valence-electron chi connectivity index (χ3n) is 2.42. The molecule has 0 unspecified atom stereocenters. The number of nitrogen functional groups attached to an aromatic ring is 1. The summed E-state index contributed by atoms with van der Waals surface area (Å²) < 4.78 is 1.54. The number of aryl methyl sites for hydroxylation is 3. The van der Waals surface area contributed by atoms with E-state index in [1.807, 2.05) is 6.92 Å². The van der Waals surface area contributed by atoms with Crippen molar-refractivity contribution in [2.45, 2.75) is 20.4 Å². The van der Waals surface area contributed by atoms with Crippen LogP contribution in [0.15, 0.2) is 0 Å². The van der Waals surface area contributed by atoms with E-state index in [0.29, 0.717) is 23.6 Å². The maximum absolute atomic E-state index is 12.1. The van der Waals surface area contributed by atoms with Crippen molar-refractivity contribution in [3.63, 3.8) is 0 Å². The van der Waals surface area contributed by atoms with E-state index >= 15 is 0 Å². The molecule has 2 aromatic rings. The number of hydrogen-bond acceptors (Lipinski definition) is 6. The van der Waals surface area contributed by atoms with Crippen LogP contribution in [0.25, 0.3) is 0 Å². The minimum Gasteiger partial charge on any atom is -0.395 e. The first-order valence-electron chi connectivity index (χ1n) is 5.41. The predicted molar refractivity (Wildman–Crippen MR) is 63.8 cm³/mol. The van der Waals surface area contributed by atoms with Crippen LogP contribution in [0.5, 0.6) is 0 Å². The Morgan fingerprint density at radius 1 is 1.44 bits per heavy atom. The number of hydrogen-bond donors (Lipinski definition) is 2. The van der Waals surface area contributed by atoms with Crippen LogP contribution >= 0.6 is 0 Å². The molecule has 1 amide bonds. The molecule has 9 nitrogen and oxygen atoms in total. The van der Waals surface area contributed by atoms with Gasteiger partial charge in [-0.3, -0.25) is 14.8 Å². The van der Waals surface area contributed by atoms with Gasteiger partial charge in [0.05, 0.1) is 18.4 Å². The number of carbonyl (C=O) groups is 1. The third kappa shape index (κ3) is 2.01. The fourth-order valence-corrected chi connectivity index (χ4v) is 1.56. The summed E-state index contributed by atoms with van der Waals surface area (Å²) in [5.74, 6) is -0.272. The molecule has 2 aromatic heterocycles. The molecule has 0 aliphatic carbocycles. The summed E-state index contributed by atoms with van der Waals surface area (Å²) in [6.07, 6.45) is 0. The molecule has 0 aromatic carbocycles. The largest absolute Gasteiger partial charge is 0.395 e. The topological polar surface area (TPSA) is 117 Å². The highest BCUT2D eigenvalue weighted by Gasteiger charge is 2.20. The highest BCUT2D eigenvalue weighted by atomic mass is 16.2. The van der Waals surface area contributed by atoms with Crippen molar-refractivity contribution in [2.24, 2.45) is 7.05 Å². The van der Waals surface area contributed by atoms with E-state index in [1.54, 1.807) is 14.0 Å². The first-order valence-corrected chi connectivity index (χ1v) is 5.41. The molecule has 0 saturated carbocycles. The van der Waals surface area contributed by atoms with Gasteiger partial charge in [-0.15, -0.1) is 5.10 Å². The lowest BCUT2D eigenvalue weighted by molar-refractivity contribution is 0.101. The molecule has 96 valence electrons. The predicted octanol–water partition coefficient (Wildman–Crippen LogP) is -0.431. The number of nitrogens with two attached hydrogens (primary N) is 1. The molecule has 2 heterocycles. The summed E-state index contributed by atoms with van der Waals surface area (Å²) in [6, 6.07) is 0. The summed E-state index contributed by atoms with van der Waals surface area (Å²) in [6.45, 7) is 4.18. The van der Waals surface area contributed by atoms with Crippen molar-refractivity contribution in [1.29, 1.82) is 0 Å². The Morgan fingerprint density at radius 3 is 2.72 bits per heavy atom. The van der Waals surface area contributed by atoms with Crippen LogP contribution in [0, 0.1) is 6.92 Å². The lowest BCUT2D eigenvalue weighted by atomic mass is 10.3.